The van der Waals surface area contributed by atoms with Gasteiger partial charge in [0.2, 0.25) is 10.0 Å². The van der Waals surface area contributed by atoms with E-state index in [0.29, 0.717) is 29.5 Å². The van der Waals surface area contributed by atoms with Crippen LogP contribution in [0.4, 0.5) is 5.69 Å². The summed E-state index contributed by atoms with van der Waals surface area (Å²) in [6, 6.07) is 5.39. The Morgan fingerprint density at radius 1 is 1.33 bits per heavy atom. The van der Waals surface area contributed by atoms with E-state index in [1.54, 1.807) is 16.4 Å². The summed E-state index contributed by atoms with van der Waals surface area (Å²) in [6.45, 7) is 6.81. The Hall–Kier alpha value is -1.07. The van der Waals surface area contributed by atoms with Gasteiger partial charge in [0, 0.05) is 18.3 Å². The van der Waals surface area contributed by atoms with Gasteiger partial charge in [0.15, 0.2) is 0 Å². The maximum Gasteiger partial charge on any atom is 0.243 e. The fourth-order valence-electron chi connectivity index (χ4n) is 2.48. The van der Waals surface area contributed by atoms with Crippen LogP contribution in [0.2, 0.25) is 0 Å². The predicted octanol–water partition coefficient (Wildman–Crippen LogP) is 3.03. The lowest BCUT2D eigenvalue weighted by Gasteiger charge is -2.24. The predicted molar refractivity (Wildman–Crippen MR) is 86.6 cm³/mol. The number of hydrogen-bond donors (Lipinski definition) is 1. The van der Waals surface area contributed by atoms with Crippen molar-refractivity contribution in [3.8, 4) is 0 Å². The van der Waals surface area contributed by atoms with Crippen LogP contribution in [0.1, 0.15) is 45.6 Å². The number of benzene rings is 1. The summed E-state index contributed by atoms with van der Waals surface area (Å²) in [5.74, 6) is 0.493. The molecule has 1 saturated carbocycles. The summed E-state index contributed by atoms with van der Waals surface area (Å²) < 4.78 is 27.8. The first-order valence-corrected chi connectivity index (χ1v) is 9.20. The maximum absolute atomic E-state index is 13.0. The van der Waals surface area contributed by atoms with Gasteiger partial charge >= 0.3 is 0 Å². The highest BCUT2D eigenvalue weighted by Crippen LogP contribution is 2.34. The number of aryl methyl sites for hydroxylation is 1. The van der Waals surface area contributed by atoms with Gasteiger partial charge in [-0.05, 0) is 49.3 Å². The third-order valence-electron chi connectivity index (χ3n) is 3.94. The van der Waals surface area contributed by atoms with E-state index in [1.165, 1.54) is 0 Å². The standard InChI is InChI=1S/C16H26N2O2S/c1-4-13-5-6-14(17)11-16(13)21(19,20)18(15-7-8-15)10-9-12(2)3/h5-6,11-12,15H,4,7-10,17H2,1-3H3. The molecule has 0 aromatic heterocycles. The summed E-state index contributed by atoms with van der Waals surface area (Å²) >= 11 is 0. The van der Waals surface area contributed by atoms with Crippen molar-refractivity contribution in [1.82, 2.24) is 4.31 Å². The molecule has 2 N–H and O–H groups in total. The van der Waals surface area contributed by atoms with Crippen molar-refractivity contribution in [2.24, 2.45) is 5.92 Å². The smallest absolute Gasteiger partial charge is 0.243 e. The SMILES string of the molecule is CCc1ccc(N)cc1S(=O)(=O)N(CCC(C)C)C1CC1. The van der Waals surface area contributed by atoms with E-state index in [-0.39, 0.29) is 6.04 Å². The third-order valence-corrected chi connectivity index (χ3v) is 5.97. The number of nitrogens with two attached hydrogens (primary N) is 1. The molecule has 0 heterocycles. The van der Waals surface area contributed by atoms with Crippen LogP contribution >= 0.6 is 0 Å². The molecule has 0 aliphatic heterocycles. The van der Waals surface area contributed by atoms with E-state index in [2.05, 4.69) is 13.8 Å². The lowest BCUT2D eigenvalue weighted by molar-refractivity contribution is 0.373. The van der Waals surface area contributed by atoms with Crippen LogP contribution < -0.4 is 5.73 Å². The first-order chi connectivity index (χ1) is 9.86. The largest absolute Gasteiger partial charge is 0.399 e. The molecular formula is C16H26N2O2S. The van der Waals surface area contributed by atoms with Crippen LogP contribution in [-0.2, 0) is 16.4 Å². The van der Waals surface area contributed by atoms with E-state index in [1.807, 2.05) is 13.0 Å². The number of sulfonamides is 1. The van der Waals surface area contributed by atoms with Crippen LogP contribution in [0.3, 0.4) is 0 Å². The van der Waals surface area contributed by atoms with Gasteiger partial charge < -0.3 is 5.73 Å². The van der Waals surface area contributed by atoms with Gasteiger partial charge in [0.1, 0.15) is 0 Å². The lowest BCUT2D eigenvalue weighted by Crippen LogP contribution is -2.35. The van der Waals surface area contributed by atoms with Crippen molar-refractivity contribution in [3.63, 3.8) is 0 Å². The number of nitrogen functional groups attached to an aromatic ring is 1. The Bertz CT molecular complexity index is 592. The summed E-state index contributed by atoms with van der Waals surface area (Å²) in [5.41, 5.74) is 7.16. The quantitative estimate of drug-likeness (QED) is 0.787. The van der Waals surface area contributed by atoms with Crippen LogP contribution in [0.25, 0.3) is 0 Å². The summed E-state index contributed by atoms with van der Waals surface area (Å²) in [4.78, 5) is 0.389. The van der Waals surface area contributed by atoms with Crippen molar-refractivity contribution in [3.05, 3.63) is 23.8 Å². The zero-order valence-corrected chi connectivity index (χ0v) is 14.0. The van der Waals surface area contributed by atoms with Gasteiger partial charge in [0.05, 0.1) is 4.90 Å². The summed E-state index contributed by atoms with van der Waals surface area (Å²) in [6.07, 6.45) is 3.53. The molecule has 0 radical (unpaired) electrons. The Morgan fingerprint density at radius 3 is 2.52 bits per heavy atom. The molecule has 0 amide bonds. The van der Waals surface area contributed by atoms with Crippen molar-refractivity contribution in [2.45, 2.75) is 57.4 Å². The highest BCUT2D eigenvalue weighted by atomic mass is 32.2. The molecule has 0 unspecified atom stereocenters. The third kappa shape index (κ3) is 3.77. The molecular weight excluding hydrogens is 284 g/mol. The number of hydrogen-bond acceptors (Lipinski definition) is 3. The van der Waals surface area contributed by atoms with E-state index >= 15 is 0 Å². The fourth-order valence-corrected chi connectivity index (χ4v) is 4.51. The molecule has 1 aliphatic rings. The van der Waals surface area contributed by atoms with Crippen LogP contribution in [0.15, 0.2) is 23.1 Å². The molecule has 0 spiro atoms. The first-order valence-electron chi connectivity index (χ1n) is 7.76. The minimum Gasteiger partial charge on any atom is -0.399 e. The average molecular weight is 310 g/mol. The minimum atomic E-state index is -3.45. The van der Waals surface area contributed by atoms with E-state index in [4.69, 9.17) is 5.73 Å². The van der Waals surface area contributed by atoms with Crippen LogP contribution in [-0.4, -0.2) is 25.3 Å². The molecule has 1 fully saturated rings. The molecule has 0 atom stereocenters. The molecule has 0 bridgehead atoms. The molecule has 118 valence electrons. The highest BCUT2D eigenvalue weighted by molar-refractivity contribution is 7.89. The molecule has 4 nitrogen and oxygen atoms in total. The Kier molecular flexibility index (Phi) is 4.94. The number of anilines is 1. The van der Waals surface area contributed by atoms with Crippen LogP contribution in [0.5, 0.6) is 0 Å². The van der Waals surface area contributed by atoms with Crippen molar-refractivity contribution >= 4 is 15.7 Å². The first kappa shape index (κ1) is 16.3. The van der Waals surface area contributed by atoms with Gasteiger partial charge in [-0.25, -0.2) is 8.42 Å². The Morgan fingerprint density at radius 2 is 2.00 bits per heavy atom. The van der Waals surface area contributed by atoms with Gasteiger partial charge in [-0.3, -0.25) is 0 Å². The zero-order chi connectivity index (χ0) is 15.6. The second-order valence-corrected chi connectivity index (χ2v) is 8.11. The van der Waals surface area contributed by atoms with Gasteiger partial charge in [-0.1, -0.05) is 26.8 Å². The second kappa shape index (κ2) is 6.36. The van der Waals surface area contributed by atoms with E-state index in [0.717, 1.165) is 24.8 Å². The molecule has 1 aromatic carbocycles. The summed E-state index contributed by atoms with van der Waals surface area (Å²) in [7, 11) is -3.45. The molecule has 1 aromatic rings. The highest BCUT2D eigenvalue weighted by Gasteiger charge is 2.38. The Balaban J connectivity index is 2.36. The molecule has 1 aliphatic carbocycles. The van der Waals surface area contributed by atoms with Gasteiger partial charge in [-0.15, -0.1) is 0 Å². The van der Waals surface area contributed by atoms with Crippen molar-refractivity contribution < 1.29 is 8.42 Å². The average Bonchev–Trinajstić information content (AvgIpc) is 3.23. The monoisotopic (exact) mass is 310 g/mol. The second-order valence-electron chi connectivity index (χ2n) is 6.25. The minimum absolute atomic E-state index is 0.180. The molecule has 0 saturated heterocycles. The van der Waals surface area contributed by atoms with Crippen molar-refractivity contribution in [2.75, 3.05) is 12.3 Å². The van der Waals surface area contributed by atoms with Crippen LogP contribution in [0, 0.1) is 5.92 Å². The Labute approximate surface area is 128 Å². The van der Waals surface area contributed by atoms with E-state index in [9.17, 15) is 8.42 Å². The van der Waals surface area contributed by atoms with Gasteiger partial charge in [-0.2, -0.15) is 4.31 Å². The molecule has 2 rings (SSSR count). The van der Waals surface area contributed by atoms with E-state index < -0.39 is 10.0 Å². The molecule has 5 heteroatoms. The molecule has 21 heavy (non-hydrogen) atoms. The topological polar surface area (TPSA) is 63.4 Å². The zero-order valence-electron chi connectivity index (χ0n) is 13.2. The summed E-state index contributed by atoms with van der Waals surface area (Å²) in [5, 5.41) is 0. The fraction of sp³-hybridized carbons (Fsp3) is 0.625. The lowest BCUT2D eigenvalue weighted by atomic mass is 10.1. The van der Waals surface area contributed by atoms with Gasteiger partial charge in [0.25, 0.3) is 0 Å². The maximum atomic E-state index is 13.0. The van der Waals surface area contributed by atoms with Crippen molar-refractivity contribution in [1.29, 1.82) is 0 Å². The number of nitrogens with zero attached hydrogens (tertiary/aromatic N) is 1. The number of rotatable bonds is 7. The normalized spacial score (nSPS) is 15.9.